The Morgan fingerprint density at radius 1 is 1.32 bits per heavy atom. The highest BCUT2D eigenvalue weighted by Gasteiger charge is 2.27. The highest BCUT2D eigenvalue weighted by molar-refractivity contribution is 5.64. The third-order valence-electron chi connectivity index (χ3n) is 5.19. The number of aliphatic hydroxyl groups is 1. The molecular formula is C19H24N4O2. The molecule has 132 valence electrons. The molecule has 1 atom stereocenters. The third-order valence-corrected chi connectivity index (χ3v) is 5.19. The Bertz CT molecular complexity index is 867. The number of anilines is 1. The van der Waals surface area contributed by atoms with Gasteiger partial charge in [0.05, 0.1) is 6.26 Å². The molecule has 0 aromatic carbocycles. The molecule has 0 spiro atoms. The number of nitrogens with zero attached hydrogens (tertiary/aromatic N) is 4. The molecule has 0 bridgehead atoms. The first-order valence-corrected chi connectivity index (χ1v) is 8.97. The Morgan fingerprint density at radius 2 is 2.20 bits per heavy atom. The van der Waals surface area contributed by atoms with Crippen molar-refractivity contribution in [2.75, 3.05) is 18.1 Å². The highest BCUT2D eigenvalue weighted by Crippen LogP contribution is 2.32. The van der Waals surface area contributed by atoms with Crippen LogP contribution in [0.4, 0.5) is 5.82 Å². The van der Waals surface area contributed by atoms with E-state index in [-0.39, 0.29) is 6.61 Å². The van der Waals surface area contributed by atoms with Gasteiger partial charge in [-0.05, 0) is 51.7 Å². The molecule has 0 saturated carbocycles. The van der Waals surface area contributed by atoms with E-state index in [1.54, 1.807) is 6.26 Å². The van der Waals surface area contributed by atoms with Gasteiger partial charge >= 0.3 is 0 Å². The van der Waals surface area contributed by atoms with Crippen LogP contribution < -0.4 is 4.90 Å². The highest BCUT2D eigenvalue weighted by atomic mass is 16.3. The summed E-state index contributed by atoms with van der Waals surface area (Å²) < 4.78 is 7.44. The Balaban J connectivity index is 1.87. The van der Waals surface area contributed by atoms with Crippen molar-refractivity contribution in [2.24, 2.45) is 0 Å². The zero-order chi connectivity index (χ0) is 17.4. The number of fused-ring (bicyclic) bond motifs is 1. The van der Waals surface area contributed by atoms with Crippen molar-refractivity contribution in [1.82, 2.24) is 14.6 Å². The number of furan rings is 1. The van der Waals surface area contributed by atoms with Crippen LogP contribution in [-0.4, -0.2) is 38.9 Å². The van der Waals surface area contributed by atoms with Gasteiger partial charge in [0.1, 0.15) is 11.5 Å². The predicted molar refractivity (Wildman–Crippen MR) is 96.9 cm³/mol. The summed E-state index contributed by atoms with van der Waals surface area (Å²) >= 11 is 0. The molecule has 1 N–H and O–H groups in total. The number of aromatic nitrogens is 3. The molecule has 1 saturated heterocycles. The van der Waals surface area contributed by atoms with E-state index in [0.29, 0.717) is 6.04 Å². The zero-order valence-corrected chi connectivity index (χ0v) is 14.8. The second kappa shape index (κ2) is 6.52. The van der Waals surface area contributed by atoms with Crippen molar-refractivity contribution in [1.29, 1.82) is 0 Å². The number of rotatable bonds is 4. The third kappa shape index (κ3) is 2.80. The summed E-state index contributed by atoms with van der Waals surface area (Å²) in [6.45, 7) is 5.35. The van der Waals surface area contributed by atoms with E-state index in [1.807, 2.05) is 29.6 Å². The van der Waals surface area contributed by atoms with Gasteiger partial charge in [-0.3, -0.25) is 0 Å². The summed E-state index contributed by atoms with van der Waals surface area (Å²) in [5.41, 5.74) is 3.78. The molecule has 25 heavy (non-hydrogen) atoms. The van der Waals surface area contributed by atoms with Gasteiger partial charge in [-0.25, -0.2) is 4.98 Å². The molecule has 4 heterocycles. The second-order valence-corrected chi connectivity index (χ2v) is 6.78. The normalized spacial score (nSPS) is 18.2. The summed E-state index contributed by atoms with van der Waals surface area (Å²) in [4.78, 5) is 7.13. The Hall–Kier alpha value is -2.34. The van der Waals surface area contributed by atoms with Crippen LogP contribution in [0.15, 0.2) is 28.9 Å². The lowest BCUT2D eigenvalue weighted by molar-refractivity contribution is 0.262. The average molecular weight is 340 g/mol. The van der Waals surface area contributed by atoms with E-state index >= 15 is 0 Å². The van der Waals surface area contributed by atoms with Crippen molar-refractivity contribution in [3.05, 3.63) is 35.7 Å². The molecule has 6 nitrogen and oxygen atoms in total. The van der Waals surface area contributed by atoms with Crippen LogP contribution in [0.1, 0.15) is 36.9 Å². The van der Waals surface area contributed by atoms with Gasteiger partial charge in [0.25, 0.3) is 0 Å². The Kier molecular flexibility index (Phi) is 4.21. The van der Waals surface area contributed by atoms with E-state index < -0.39 is 0 Å². The van der Waals surface area contributed by atoms with E-state index in [0.717, 1.165) is 60.0 Å². The Labute approximate surface area is 147 Å². The molecule has 3 aromatic heterocycles. The van der Waals surface area contributed by atoms with Crippen molar-refractivity contribution in [2.45, 2.75) is 45.6 Å². The SMILES string of the molecule is Cc1nc2cc(-c3ccco3)nn2c(N2CCCC[C@@H]2CCO)c1C. The largest absolute Gasteiger partial charge is 0.463 e. The van der Waals surface area contributed by atoms with Crippen LogP contribution in [0, 0.1) is 13.8 Å². The van der Waals surface area contributed by atoms with Crippen LogP contribution >= 0.6 is 0 Å². The monoisotopic (exact) mass is 340 g/mol. The second-order valence-electron chi connectivity index (χ2n) is 6.78. The number of aryl methyl sites for hydroxylation is 1. The molecular weight excluding hydrogens is 316 g/mol. The lowest BCUT2D eigenvalue weighted by Gasteiger charge is -2.38. The molecule has 1 fully saturated rings. The van der Waals surface area contributed by atoms with Crippen LogP contribution in [0.2, 0.25) is 0 Å². The average Bonchev–Trinajstić information content (AvgIpc) is 3.26. The molecule has 6 heteroatoms. The fourth-order valence-corrected chi connectivity index (χ4v) is 3.79. The standard InChI is InChI=1S/C19H24N4O2/c1-13-14(2)20-18-12-16(17-7-5-11-25-17)21-23(18)19(13)22-9-4-3-6-15(22)8-10-24/h5,7,11-12,15,24H,3-4,6,8-10H2,1-2H3/t15-/m1/s1. The smallest absolute Gasteiger partial charge is 0.158 e. The number of hydrogen-bond donors (Lipinski definition) is 1. The molecule has 0 unspecified atom stereocenters. The molecule has 1 aliphatic rings. The topological polar surface area (TPSA) is 66.8 Å². The molecule has 3 aromatic rings. The summed E-state index contributed by atoms with van der Waals surface area (Å²) in [7, 11) is 0. The number of aliphatic hydroxyl groups excluding tert-OH is 1. The lowest BCUT2D eigenvalue weighted by Crippen LogP contribution is -2.42. The summed E-state index contributed by atoms with van der Waals surface area (Å²) in [6.07, 6.45) is 5.93. The maximum Gasteiger partial charge on any atom is 0.158 e. The minimum Gasteiger partial charge on any atom is -0.463 e. The maximum atomic E-state index is 9.48. The van der Waals surface area contributed by atoms with E-state index in [4.69, 9.17) is 14.5 Å². The predicted octanol–water partition coefficient (Wildman–Crippen LogP) is 3.35. The first-order chi connectivity index (χ1) is 12.2. The zero-order valence-electron chi connectivity index (χ0n) is 14.8. The van der Waals surface area contributed by atoms with Crippen LogP contribution in [0.5, 0.6) is 0 Å². The van der Waals surface area contributed by atoms with Crippen LogP contribution in [0.25, 0.3) is 17.1 Å². The number of piperidine rings is 1. The lowest BCUT2D eigenvalue weighted by atomic mass is 9.99. The van der Waals surface area contributed by atoms with Crippen LogP contribution in [0.3, 0.4) is 0 Å². The van der Waals surface area contributed by atoms with E-state index in [2.05, 4.69) is 11.8 Å². The summed E-state index contributed by atoms with van der Waals surface area (Å²) in [5.74, 6) is 1.84. The maximum absolute atomic E-state index is 9.48. The van der Waals surface area contributed by atoms with Crippen molar-refractivity contribution < 1.29 is 9.52 Å². The number of hydrogen-bond acceptors (Lipinski definition) is 5. The Morgan fingerprint density at radius 3 is 2.96 bits per heavy atom. The van der Waals surface area contributed by atoms with Crippen molar-refractivity contribution >= 4 is 11.5 Å². The fraction of sp³-hybridized carbons (Fsp3) is 0.474. The first kappa shape index (κ1) is 16.1. The quantitative estimate of drug-likeness (QED) is 0.789. The van der Waals surface area contributed by atoms with Gasteiger partial charge < -0.3 is 14.4 Å². The molecule has 0 radical (unpaired) electrons. The van der Waals surface area contributed by atoms with E-state index in [9.17, 15) is 5.11 Å². The summed E-state index contributed by atoms with van der Waals surface area (Å²) in [6, 6.07) is 6.10. The van der Waals surface area contributed by atoms with Crippen molar-refractivity contribution in [3.63, 3.8) is 0 Å². The van der Waals surface area contributed by atoms with Crippen LogP contribution in [-0.2, 0) is 0 Å². The van der Waals surface area contributed by atoms with Gasteiger partial charge in [-0.1, -0.05) is 0 Å². The first-order valence-electron chi connectivity index (χ1n) is 8.97. The molecule has 0 amide bonds. The molecule has 0 aliphatic carbocycles. The van der Waals surface area contributed by atoms with Gasteiger partial charge in [0, 0.05) is 36.5 Å². The molecule has 1 aliphatic heterocycles. The molecule has 4 rings (SSSR count). The summed E-state index contributed by atoms with van der Waals surface area (Å²) in [5, 5.41) is 14.3. The minimum atomic E-state index is 0.212. The fourth-order valence-electron chi connectivity index (χ4n) is 3.79. The van der Waals surface area contributed by atoms with Crippen molar-refractivity contribution in [3.8, 4) is 11.5 Å². The van der Waals surface area contributed by atoms with Gasteiger partial charge in [-0.15, -0.1) is 0 Å². The van der Waals surface area contributed by atoms with Gasteiger partial charge in [-0.2, -0.15) is 9.61 Å². The van der Waals surface area contributed by atoms with Gasteiger partial charge in [0.15, 0.2) is 11.4 Å². The van der Waals surface area contributed by atoms with Gasteiger partial charge in [0.2, 0.25) is 0 Å². The minimum absolute atomic E-state index is 0.212. The van der Waals surface area contributed by atoms with E-state index in [1.165, 1.54) is 6.42 Å².